The molecule has 1 fully saturated rings. The minimum Gasteiger partial charge on any atom is -0.452 e. The second-order valence-electron chi connectivity index (χ2n) is 6.23. The van der Waals surface area contributed by atoms with Gasteiger partial charge in [-0.3, -0.25) is 14.9 Å². The molecule has 0 radical (unpaired) electrons. The molecule has 1 N–H and O–H groups in total. The minimum atomic E-state index is -3.18. The molecule has 1 atom stereocenters. The highest BCUT2D eigenvalue weighted by molar-refractivity contribution is 7.91. The molecule has 10 heteroatoms. The van der Waals surface area contributed by atoms with Crippen LogP contribution in [0.1, 0.15) is 29.3 Å². The predicted octanol–water partition coefficient (Wildman–Crippen LogP) is 0.753. The Morgan fingerprint density at radius 2 is 2.08 bits per heavy atom. The summed E-state index contributed by atoms with van der Waals surface area (Å²) >= 11 is 0. The molecular weight excluding hydrogens is 352 g/mol. The number of hydrogen-bond donors (Lipinski definition) is 1. The van der Waals surface area contributed by atoms with Gasteiger partial charge < -0.3 is 10.1 Å². The normalized spacial score (nSPS) is 21.5. The van der Waals surface area contributed by atoms with Crippen molar-refractivity contribution < 1.29 is 27.7 Å². The zero-order chi connectivity index (χ0) is 18.8. The monoisotopic (exact) mass is 370 g/mol. The lowest BCUT2D eigenvalue weighted by molar-refractivity contribution is -0.385. The summed E-state index contributed by atoms with van der Waals surface area (Å²) in [4.78, 5) is 34.2. The number of rotatable bonds is 5. The summed E-state index contributed by atoms with van der Waals surface area (Å²) in [6, 6.07) is 3.99. The van der Waals surface area contributed by atoms with Crippen LogP contribution in [0.2, 0.25) is 0 Å². The molecule has 0 saturated carbocycles. The van der Waals surface area contributed by atoms with E-state index < -0.39 is 38.8 Å². The Hall–Kier alpha value is -2.49. The van der Waals surface area contributed by atoms with E-state index >= 15 is 0 Å². The van der Waals surface area contributed by atoms with Gasteiger partial charge in [-0.1, -0.05) is 6.07 Å². The molecule has 0 bridgehead atoms. The van der Waals surface area contributed by atoms with Crippen LogP contribution in [0.25, 0.3) is 0 Å². The number of nitro benzene ring substituents is 1. The van der Waals surface area contributed by atoms with Crippen LogP contribution in [0.5, 0.6) is 0 Å². The Kier molecular flexibility index (Phi) is 5.12. The van der Waals surface area contributed by atoms with Crippen LogP contribution >= 0.6 is 0 Å². The summed E-state index contributed by atoms with van der Waals surface area (Å²) in [6.07, 6.45) is 0.291. The molecule has 1 aliphatic heterocycles. The Balaban J connectivity index is 1.98. The predicted molar refractivity (Wildman–Crippen MR) is 87.9 cm³/mol. The summed E-state index contributed by atoms with van der Waals surface area (Å²) in [7, 11) is -3.18. The number of carbonyl (C=O) groups is 2. The molecule has 1 aliphatic rings. The highest BCUT2D eigenvalue weighted by Crippen LogP contribution is 2.23. The molecule has 0 aromatic heterocycles. The first-order valence-corrected chi connectivity index (χ1v) is 9.28. The van der Waals surface area contributed by atoms with E-state index in [4.69, 9.17) is 4.74 Å². The van der Waals surface area contributed by atoms with E-state index in [0.29, 0.717) is 6.42 Å². The zero-order valence-electron chi connectivity index (χ0n) is 13.8. The lowest BCUT2D eigenvalue weighted by Crippen LogP contribution is -2.48. The van der Waals surface area contributed by atoms with Gasteiger partial charge in [0.1, 0.15) is 0 Å². The fourth-order valence-electron chi connectivity index (χ4n) is 2.73. The molecule has 9 nitrogen and oxygen atoms in total. The number of nitro groups is 1. The van der Waals surface area contributed by atoms with Gasteiger partial charge >= 0.3 is 5.97 Å². The third-order valence-corrected chi connectivity index (χ3v) is 5.90. The van der Waals surface area contributed by atoms with Crippen LogP contribution in [-0.2, 0) is 19.4 Å². The summed E-state index contributed by atoms with van der Waals surface area (Å²) in [5.41, 5.74) is -0.963. The minimum absolute atomic E-state index is 0.00310. The number of ether oxygens (including phenoxy) is 1. The topological polar surface area (TPSA) is 133 Å². The zero-order valence-corrected chi connectivity index (χ0v) is 14.6. The first kappa shape index (κ1) is 18.8. The van der Waals surface area contributed by atoms with Crippen LogP contribution in [0.15, 0.2) is 18.2 Å². The average Bonchev–Trinajstić information content (AvgIpc) is 2.78. The van der Waals surface area contributed by atoms with Gasteiger partial charge in [-0.25, -0.2) is 13.2 Å². The van der Waals surface area contributed by atoms with E-state index in [1.807, 2.05) is 0 Å². The van der Waals surface area contributed by atoms with Crippen molar-refractivity contribution in [3.63, 3.8) is 0 Å². The first-order valence-electron chi connectivity index (χ1n) is 7.46. The smallest absolute Gasteiger partial charge is 0.339 e. The van der Waals surface area contributed by atoms with Crippen LogP contribution in [0.3, 0.4) is 0 Å². The second-order valence-corrected chi connectivity index (χ2v) is 8.42. The highest BCUT2D eigenvalue weighted by Gasteiger charge is 2.39. The van der Waals surface area contributed by atoms with Crippen molar-refractivity contribution in [1.82, 2.24) is 5.32 Å². The molecule has 1 aromatic carbocycles. The maximum Gasteiger partial charge on any atom is 0.339 e. The van der Waals surface area contributed by atoms with Crippen molar-refractivity contribution in [2.24, 2.45) is 0 Å². The number of nitrogens with zero attached hydrogens (tertiary/aromatic N) is 1. The van der Waals surface area contributed by atoms with Crippen LogP contribution in [0, 0.1) is 17.0 Å². The number of carbonyl (C=O) groups excluding carboxylic acids is 2. The molecule has 1 aromatic rings. The van der Waals surface area contributed by atoms with Crippen molar-refractivity contribution in [1.29, 1.82) is 0 Å². The Labute approximate surface area is 144 Å². The molecular formula is C15H18N2O7S. The van der Waals surface area contributed by atoms with Crippen molar-refractivity contribution in [2.45, 2.75) is 25.8 Å². The van der Waals surface area contributed by atoms with Gasteiger partial charge in [0, 0.05) is 11.6 Å². The first-order chi connectivity index (χ1) is 11.5. The largest absolute Gasteiger partial charge is 0.452 e. The number of sulfone groups is 1. The SMILES string of the molecule is Cc1c(C(=O)OCC(=O)N[C@@]2(C)CCS(=O)(=O)C2)cccc1[N+](=O)[O-]. The molecule has 0 aliphatic carbocycles. The number of nitrogens with one attached hydrogen (secondary N) is 1. The van der Waals surface area contributed by atoms with E-state index in [1.165, 1.54) is 25.1 Å². The van der Waals surface area contributed by atoms with Gasteiger partial charge in [0.25, 0.3) is 11.6 Å². The van der Waals surface area contributed by atoms with Gasteiger partial charge in [0.15, 0.2) is 16.4 Å². The molecule has 1 amide bonds. The Morgan fingerprint density at radius 3 is 2.64 bits per heavy atom. The van der Waals surface area contributed by atoms with Crippen LogP contribution in [0.4, 0.5) is 5.69 Å². The Bertz CT molecular complexity index is 834. The van der Waals surface area contributed by atoms with E-state index in [-0.39, 0.29) is 28.3 Å². The molecule has 1 heterocycles. The quantitative estimate of drug-likeness (QED) is 0.459. The summed E-state index contributed by atoms with van der Waals surface area (Å²) in [5.74, 6) is -1.66. The van der Waals surface area contributed by atoms with Gasteiger partial charge in [0.2, 0.25) is 0 Å². The Morgan fingerprint density at radius 1 is 1.40 bits per heavy atom. The summed E-state index contributed by atoms with van der Waals surface area (Å²) in [5, 5.41) is 13.4. The lowest BCUT2D eigenvalue weighted by atomic mass is 10.0. The number of amides is 1. The third-order valence-electron chi connectivity index (χ3n) is 4.00. The van der Waals surface area contributed by atoms with E-state index in [2.05, 4.69) is 5.32 Å². The molecule has 0 unspecified atom stereocenters. The second kappa shape index (κ2) is 6.79. The standard InChI is InChI=1S/C15H18N2O7S/c1-10-11(4-3-5-12(10)17(20)21)14(19)24-8-13(18)16-15(2)6-7-25(22,23)9-15/h3-5H,6-9H2,1-2H3,(H,16,18)/t15-/m0/s1. The van der Waals surface area contributed by atoms with Crippen LogP contribution in [-0.4, -0.2) is 48.9 Å². The summed E-state index contributed by atoms with van der Waals surface area (Å²) in [6.45, 7) is 2.43. The molecule has 0 spiro atoms. The molecule has 136 valence electrons. The maximum absolute atomic E-state index is 12.0. The fourth-order valence-corrected chi connectivity index (χ4v) is 4.83. The van der Waals surface area contributed by atoms with E-state index in [0.717, 1.165) is 0 Å². The molecule has 2 rings (SSSR count). The van der Waals surface area contributed by atoms with Crippen molar-refractivity contribution in [3.05, 3.63) is 39.4 Å². The van der Waals surface area contributed by atoms with E-state index in [9.17, 15) is 28.1 Å². The third kappa shape index (κ3) is 4.53. The fraction of sp³-hybridized carbons (Fsp3) is 0.467. The maximum atomic E-state index is 12.0. The number of esters is 1. The molecule has 1 saturated heterocycles. The van der Waals surface area contributed by atoms with Gasteiger partial charge in [-0.05, 0) is 26.3 Å². The van der Waals surface area contributed by atoms with Crippen molar-refractivity contribution in [3.8, 4) is 0 Å². The lowest BCUT2D eigenvalue weighted by Gasteiger charge is -2.23. The summed E-state index contributed by atoms with van der Waals surface area (Å²) < 4.78 is 27.9. The van der Waals surface area contributed by atoms with E-state index in [1.54, 1.807) is 6.92 Å². The van der Waals surface area contributed by atoms with Gasteiger partial charge in [-0.15, -0.1) is 0 Å². The number of hydrogen-bond acceptors (Lipinski definition) is 7. The van der Waals surface area contributed by atoms with Crippen molar-refractivity contribution in [2.75, 3.05) is 18.1 Å². The number of benzene rings is 1. The van der Waals surface area contributed by atoms with Gasteiger partial charge in [-0.2, -0.15) is 0 Å². The van der Waals surface area contributed by atoms with Gasteiger partial charge in [0.05, 0.1) is 27.5 Å². The van der Waals surface area contributed by atoms with Crippen molar-refractivity contribution >= 4 is 27.4 Å². The van der Waals surface area contributed by atoms with Crippen LogP contribution < -0.4 is 5.32 Å². The molecule has 25 heavy (non-hydrogen) atoms. The highest BCUT2D eigenvalue weighted by atomic mass is 32.2. The average molecular weight is 370 g/mol.